The van der Waals surface area contributed by atoms with E-state index >= 15 is 0 Å². The average molecular weight is 241 g/mol. The van der Waals surface area contributed by atoms with E-state index in [1.165, 1.54) is 32.4 Å². The van der Waals surface area contributed by atoms with Crippen LogP contribution in [0.25, 0.3) is 0 Å². The number of rotatable bonds is 4. The molecule has 2 heterocycles. The predicted octanol–water partition coefficient (Wildman–Crippen LogP) is 0.255. The van der Waals surface area contributed by atoms with Gasteiger partial charge in [0.25, 0.3) is 0 Å². The van der Waals surface area contributed by atoms with Gasteiger partial charge in [-0.2, -0.15) is 0 Å². The fraction of sp³-hybridized carbons (Fsp3) is 1.00. The van der Waals surface area contributed by atoms with Gasteiger partial charge in [-0.15, -0.1) is 0 Å². The summed E-state index contributed by atoms with van der Waals surface area (Å²) in [6, 6.07) is 1.53. The molecule has 0 aromatic heterocycles. The van der Waals surface area contributed by atoms with Crippen LogP contribution >= 0.6 is 0 Å². The van der Waals surface area contributed by atoms with Crippen LogP contribution in [0.5, 0.6) is 0 Å². The molecule has 4 nitrogen and oxygen atoms in total. The third kappa shape index (κ3) is 3.19. The third-order valence-electron chi connectivity index (χ3n) is 4.59. The van der Waals surface area contributed by atoms with Crippen molar-refractivity contribution in [3.05, 3.63) is 0 Å². The highest BCUT2D eigenvalue weighted by atomic mass is 16.3. The molecule has 2 aliphatic rings. The first-order valence-electron chi connectivity index (χ1n) is 6.86. The lowest BCUT2D eigenvalue weighted by molar-refractivity contribution is 0.167. The van der Waals surface area contributed by atoms with Crippen molar-refractivity contribution in [1.29, 1.82) is 0 Å². The summed E-state index contributed by atoms with van der Waals surface area (Å²) in [6.07, 6.45) is 4.88. The van der Waals surface area contributed by atoms with Crippen LogP contribution in [0.3, 0.4) is 0 Å². The summed E-state index contributed by atoms with van der Waals surface area (Å²) >= 11 is 0. The first-order chi connectivity index (χ1) is 8.02. The van der Waals surface area contributed by atoms with E-state index in [1.807, 2.05) is 6.92 Å². The number of nitrogens with zero attached hydrogens (tertiary/aromatic N) is 2. The number of hydrogen-bond acceptors (Lipinski definition) is 4. The number of aliphatic hydroxyl groups excluding tert-OH is 1. The molecule has 17 heavy (non-hydrogen) atoms. The Bertz CT molecular complexity index is 257. The lowest BCUT2D eigenvalue weighted by atomic mass is 10.00. The predicted molar refractivity (Wildman–Crippen MR) is 69.9 cm³/mol. The van der Waals surface area contributed by atoms with Gasteiger partial charge in [0, 0.05) is 30.7 Å². The minimum absolute atomic E-state index is 0.0762. The quantitative estimate of drug-likeness (QED) is 0.741. The number of nitrogens with two attached hydrogens (primary N) is 1. The van der Waals surface area contributed by atoms with Crippen molar-refractivity contribution in [2.75, 3.05) is 33.3 Å². The SMILES string of the molecule is CN1C2CCC1CN(CCC(C)(N)CO)CC2. The zero-order chi connectivity index (χ0) is 12.5. The van der Waals surface area contributed by atoms with Crippen molar-refractivity contribution < 1.29 is 5.11 Å². The van der Waals surface area contributed by atoms with Crippen LogP contribution in [0, 0.1) is 0 Å². The number of fused-ring (bicyclic) bond motifs is 2. The maximum Gasteiger partial charge on any atom is 0.0608 e. The van der Waals surface area contributed by atoms with E-state index in [9.17, 15) is 5.11 Å². The van der Waals surface area contributed by atoms with Crippen molar-refractivity contribution >= 4 is 0 Å². The average Bonchev–Trinajstić information content (AvgIpc) is 2.52. The summed E-state index contributed by atoms with van der Waals surface area (Å²) < 4.78 is 0. The van der Waals surface area contributed by atoms with Gasteiger partial charge in [0.05, 0.1) is 6.61 Å². The summed E-state index contributed by atoms with van der Waals surface area (Å²) in [5, 5.41) is 9.17. The number of likely N-dealkylation sites (N-methyl/N-ethyl adjacent to an activating group) is 1. The summed E-state index contributed by atoms with van der Waals surface area (Å²) in [7, 11) is 2.27. The minimum atomic E-state index is -0.419. The maximum absolute atomic E-state index is 9.17. The van der Waals surface area contributed by atoms with Crippen LogP contribution in [-0.4, -0.2) is 65.8 Å². The van der Waals surface area contributed by atoms with E-state index in [2.05, 4.69) is 16.8 Å². The molecule has 2 rings (SSSR count). The van der Waals surface area contributed by atoms with Gasteiger partial charge in [-0.3, -0.25) is 4.90 Å². The Morgan fingerprint density at radius 3 is 2.71 bits per heavy atom. The highest BCUT2D eigenvalue weighted by Crippen LogP contribution is 2.28. The molecule has 0 spiro atoms. The van der Waals surface area contributed by atoms with E-state index in [0.29, 0.717) is 0 Å². The molecular weight excluding hydrogens is 214 g/mol. The molecule has 2 bridgehead atoms. The van der Waals surface area contributed by atoms with Gasteiger partial charge in [-0.25, -0.2) is 0 Å². The van der Waals surface area contributed by atoms with E-state index in [-0.39, 0.29) is 6.61 Å². The van der Waals surface area contributed by atoms with Crippen LogP contribution in [0.2, 0.25) is 0 Å². The largest absolute Gasteiger partial charge is 0.394 e. The molecule has 0 aromatic rings. The minimum Gasteiger partial charge on any atom is -0.394 e. The Morgan fingerprint density at radius 1 is 1.29 bits per heavy atom. The van der Waals surface area contributed by atoms with Gasteiger partial charge in [0.2, 0.25) is 0 Å². The monoisotopic (exact) mass is 241 g/mol. The maximum atomic E-state index is 9.17. The summed E-state index contributed by atoms with van der Waals surface area (Å²) in [5.74, 6) is 0. The Morgan fingerprint density at radius 2 is 2.00 bits per heavy atom. The van der Waals surface area contributed by atoms with Gasteiger partial charge in [-0.05, 0) is 46.2 Å². The molecule has 2 saturated heterocycles. The van der Waals surface area contributed by atoms with Crippen LogP contribution in [-0.2, 0) is 0 Å². The fourth-order valence-electron chi connectivity index (χ4n) is 3.07. The van der Waals surface area contributed by atoms with Crippen molar-refractivity contribution in [3.8, 4) is 0 Å². The van der Waals surface area contributed by atoms with Crippen LogP contribution in [0.4, 0.5) is 0 Å². The van der Waals surface area contributed by atoms with E-state index < -0.39 is 5.54 Å². The lowest BCUT2D eigenvalue weighted by Crippen LogP contribution is -2.45. The van der Waals surface area contributed by atoms with E-state index in [0.717, 1.165) is 25.0 Å². The molecule has 3 atom stereocenters. The van der Waals surface area contributed by atoms with Gasteiger partial charge < -0.3 is 15.7 Å². The second-order valence-corrected chi connectivity index (χ2v) is 6.20. The van der Waals surface area contributed by atoms with Crippen molar-refractivity contribution in [1.82, 2.24) is 9.80 Å². The Balaban J connectivity index is 1.83. The van der Waals surface area contributed by atoms with Crippen molar-refractivity contribution in [3.63, 3.8) is 0 Å². The van der Waals surface area contributed by atoms with E-state index in [1.54, 1.807) is 0 Å². The smallest absolute Gasteiger partial charge is 0.0608 e. The first-order valence-corrected chi connectivity index (χ1v) is 6.86. The summed E-state index contributed by atoms with van der Waals surface area (Å²) in [6.45, 7) is 5.39. The Kier molecular flexibility index (Phi) is 4.08. The fourth-order valence-corrected chi connectivity index (χ4v) is 3.07. The summed E-state index contributed by atoms with van der Waals surface area (Å²) in [5.41, 5.74) is 5.57. The van der Waals surface area contributed by atoms with E-state index in [4.69, 9.17) is 5.73 Å². The zero-order valence-corrected chi connectivity index (χ0v) is 11.2. The lowest BCUT2D eigenvalue weighted by Gasteiger charge is -2.29. The topological polar surface area (TPSA) is 52.7 Å². The molecule has 0 aromatic carbocycles. The Labute approximate surface area is 105 Å². The van der Waals surface area contributed by atoms with Crippen LogP contribution in [0.15, 0.2) is 0 Å². The Hall–Kier alpha value is -0.160. The van der Waals surface area contributed by atoms with Gasteiger partial charge in [-0.1, -0.05) is 0 Å². The van der Waals surface area contributed by atoms with Crippen molar-refractivity contribution in [2.45, 2.75) is 50.2 Å². The summed E-state index contributed by atoms with van der Waals surface area (Å²) in [4.78, 5) is 5.09. The molecule has 3 unspecified atom stereocenters. The standard InChI is InChI=1S/C13H27N3O/c1-13(14,10-17)6-8-16-7-5-11-3-4-12(9-16)15(11)2/h11-12,17H,3-10,14H2,1-2H3. The number of aliphatic hydroxyl groups is 1. The second kappa shape index (κ2) is 5.22. The molecule has 0 radical (unpaired) electrons. The highest BCUT2D eigenvalue weighted by Gasteiger charge is 2.34. The molecule has 2 fully saturated rings. The molecule has 0 aliphatic carbocycles. The molecule has 0 saturated carbocycles. The molecule has 0 amide bonds. The van der Waals surface area contributed by atoms with Crippen LogP contribution in [0.1, 0.15) is 32.6 Å². The number of hydrogen-bond donors (Lipinski definition) is 2. The normalized spacial score (nSPS) is 34.6. The molecular formula is C13H27N3O. The van der Waals surface area contributed by atoms with Gasteiger partial charge >= 0.3 is 0 Å². The highest BCUT2D eigenvalue weighted by molar-refractivity contribution is 4.91. The zero-order valence-electron chi connectivity index (χ0n) is 11.2. The number of likely N-dealkylation sites (tertiary alicyclic amines) is 1. The van der Waals surface area contributed by atoms with Crippen LogP contribution < -0.4 is 5.73 Å². The third-order valence-corrected chi connectivity index (χ3v) is 4.59. The van der Waals surface area contributed by atoms with Gasteiger partial charge in [0.15, 0.2) is 0 Å². The molecule has 2 aliphatic heterocycles. The van der Waals surface area contributed by atoms with Gasteiger partial charge in [0.1, 0.15) is 0 Å². The molecule has 4 heteroatoms. The second-order valence-electron chi connectivity index (χ2n) is 6.20. The molecule has 3 N–H and O–H groups in total. The van der Waals surface area contributed by atoms with Crippen molar-refractivity contribution in [2.24, 2.45) is 5.73 Å². The molecule has 100 valence electrons. The first kappa shape index (κ1) is 13.3.